The number of benzene rings is 1. The number of non-ortho nitro benzene ring substituents is 1. The van der Waals surface area contributed by atoms with Crippen LogP contribution in [0.5, 0.6) is 0 Å². The van der Waals surface area contributed by atoms with Gasteiger partial charge in [-0.05, 0) is 6.07 Å². The Balaban J connectivity index is 2.59. The van der Waals surface area contributed by atoms with Crippen LogP contribution in [0.3, 0.4) is 0 Å². The Hall–Kier alpha value is -2.04. The first-order chi connectivity index (χ1) is 6.70. The molecule has 0 aliphatic heterocycles. The number of fused-ring (bicyclic) bond motifs is 1. The Kier molecular flexibility index (Phi) is 1.85. The SMILES string of the molecule is CNc1cc2cc([N+](=O)[O-])ccc2o1. The van der Waals surface area contributed by atoms with Gasteiger partial charge in [0.1, 0.15) is 5.58 Å². The number of anilines is 1. The van der Waals surface area contributed by atoms with Gasteiger partial charge in [0.15, 0.2) is 5.88 Å². The molecule has 0 saturated carbocycles. The minimum atomic E-state index is -0.425. The zero-order valence-electron chi connectivity index (χ0n) is 7.48. The van der Waals surface area contributed by atoms with E-state index in [9.17, 15) is 10.1 Å². The smallest absolute Gasteiger partial charge is 0.270 e. The van der Waals surface area contributed by atoms with E-state index >= 15 is 0 Å². The van der Waals surface area contributed by atoms with Crippen molar-refractivity contribution in [1.29, 1.82) is 0 Å². The van der Waals surface area contributed by atoms with Crippen molar-refractivity contribution in [1.82, 2.24) is 0 Å². The molecule has 1 aromatic carbocycles. The Morgan fingerprint density at radius 3 is 2.86 bits per heavy atom. The quantitative estimate of drug-likeness (QED) is 0.585. The molecule has 0 unspecified atom stereocenters. The van der Waals surface area contributed by atoms with Gasteiger partial charge in [-0.25, -0.2) is 0 Å². The molecular weight excluding hydrogens is 184 g/mol. The third-order valence-electron chi connectivity index (χ3n) is 1.96. The number of hydrogen-bond donors (Lipinski definition) is 1. The molecule has 1 aromatic heterocycles. The molecule has 0 atom stereocenters. The topological polar surface area (TPSA) is 68.3 Å². The summed E-state index contributed by atoms with van der Waals surface area (Å²) in [5.41, 5.74) is 0.709. The largest absolute Gasteiger partial charge is 0.441 e. The van der Waals surface area contributed by atoms with Gasteiger partial charge in [0.25, 0.3) is 5.69 Å². The van der Waals surface area contributed by atoms with Crippen LogP contribution in [0.4, 0.5) is 11.6 Å². The molecule has 2 rings (SSSR count). The lowest BCUT2D eigenvalue weighted by Gasteiger charge is -1.89. The van der Waals surface area contributed by atoms with Crippen molar-refractivity contribution in [2.75, 3.05) is 12.4 Å². The van der Waals surface area contributed by atoms with Gasteiger partial charge in [-0.15, -0.1) is 0 Å². The first kappa shape index (κ1) is 8.55. The summed E-state index contributed by atoms with van der Waals surface area (Å²) in [5.74, 6) is 0.598. The fourth-order valence-electron chi connectivity index (χ4n) is 1.27. The van der Waals surface area contributed by atoms with E-state index in [-0.39, 0.29) is 5.69 Å². The molecule has 5 heteroatoms. The number of nitro benzene ring substituents is 1. The lowest BCUT2D eigenvalue weighted by atomic mass is 10.2. The predicted molar refractivity (Wildman–Crippen MR) is 52.4 cm³/mol. The van der Waals surface area contributed by atoms with Gasteiger partial charge < -0.3 is 9.73 Å². The van der Waals surface area contributed by atoms with E-state index in [4.69, 9.17) is 4.42 Å². The van der Waals surface area contributed by atoms with Crippen molar-refractivity contribution in [2.45, 2.75) is 0 Å². The number of nitrogens with zero attached hydrogens (tertiary/aromatic N) is 1. The summed E-state index contributed by atoms with van der Waals surface area (Å²) >= 11 is 0. The summed E-state index contributed by atoms with van der Waals surface area (Å²) in [6, 6.07) is 6.22. The van der Waals surface area contributed by atoms with Crippen molar-refractivity contribution >= 4 is 22.5 Å². The highest BCUT2D eigenvalue weighted by Crippen LogP contribution is 2.26. The maximum Gasteiger partial charge on any atom is 0.270 e. The van der Waals surface area contributed by atoms with Crippen molar-refractivity contribution in [2.24, 2.45) is 0 Å². The molecule has 0 aliphatic carbocycles. The lowest BCUT2D eigenvalue weighted by molar-refractivity contribution is -0.384. The number of hydrogen-bond acceptors (Lipinski definition) is 4. The number of nitrogens with one attached hydrogen (secondary N) is 1. The Morgan fingerprint density at radius 1 is 1.43 bits per heavy atom. The first-order valence-electron chi connectivity index (χ1n) is 4.06. The summed E-state index contributed by atoms with van der Waals surface area (Å²) < 4.78 is 5.32. The van der Waals surface area contributed by atoms with Crippen LogP contribution in [0.15, 0.2) is 28.7 Å². The summed E-state index contributed by atoms with van der Waals surface area (Å²) in [7, 11) is 1.73. The van der Waals surface area contributed by atoms with Crippen LogP contribution in [-0.2, 0) is 0 Å². The maximum atomic E-state index is 10.5. The standard InChI is InChI=1S/C9H8N2O3/c1-10-9-5-6-4-7(11(12)13)2-3-8(6)14-9/h2-5,10H,1H3. The third kappa shape index (κ3) is 1.28. The Morgan fingerprint density at radius 2 is 2.21 bits per heavy atom. The monoisotopic (exact) mass is 192 g/mol. The van der Waals surface area contributed by atoms with Crippen LogP contribution in [0, 0.1) is 10.1 Å². The fourth-order valence-corrected chi connectivity index (χ4v) is 1.27. The van der Waals surface area contributed by atoms with Crippen molar-refractivity contribution < 1.29 is 9.34 Å². The highest BCUT2D eigenvalue weighted by atomic mass is 16.6. The second kappa shape index (κ2) is 3.02. The first-order valence-corrected chi connectivity index (χ1v) is 4.06. The van der Waals surface area contributed by atoms with Gasteiger partial charge in [-0.1, -0.05) is 0 Å². The van der Waals surface area contributed by atoms with Crippen molar-refractivity contribution in [3.05, 3.63) is 34.4 Å². The lowest BCUT2D eigenvalue weighted by Crippen LogP contribution is -1.85. The minimum absolute atomic E-state index is 0.0703. The van der Waals surface area contributed by atoms with E-state index in [2.05, 4.69) is 5.32 Å². The summed E-state index contributed by atoms with van der Waals surface area (Å²) in [4.78, 5) is 10.1. The van der Waals surface area contributed by atoms with Crippen LogP contribution in [0.2, 0.25) is 0 Å². The van der Waals surface area contributed by atoms with Crippen LogP contribution in [0.1, 0.15) is 0 Å². The minimum Gasteiger partial charge on any atom is -0.441 e. The van der Waals surface area contributed by atoms with E-state index < -0.39 is 4.92 Å². The molecule has 0 amide bonds. The van der Waals surface area contributed by atoms with Crippen molar-refractivity contribution in [3.63, 3.8) is 0 Å². The summed E-state index contributed by atoms with van der Waals surface area (Å²) in [6.07, 6.45) is 0. The average molecular weight is 192 g/mol. The number of furan rings is 1. The van der Waals surface area contributed by atoms with E-state index in [1.807, 2.05) is 0 Å². The van der Waals surface area contributed by atoms with Gasteiger partial charge in [-0.2, -0.15) is 0 Å². The molecule has 0 fully saturated rings. The maximum absolute atomic E-state index is 10.5. The normalized spacial score (nSPS) is 10.4. The van der Waals surface area contributed by atoms with Gasteiger partial charge in [0.05, 0.1) is 4.92 Å². The highest BCUT2D eigenvalue weighted by molar-refractivity contribution is 5.83. The van der Waals surface area contributed by atoms with Gasteiger partial charge in [0, 0.05) is 30.6 Å². The molecule has 1 heterocycles. The summed E-state index contributed by atoms with van der Waals surface area (Å²) in [6.45, 7) is 0. The van der Waals surface area contributed by atoms with Gasteiger partial charge in [-0.3, -0.25) is 10.1 Å². The second-order valence-corrected chi connectivity index (χ2v) is 2.84. The predicted octanol–water partition coefficient (Wildman–Crippen LogP) is 2.38. The number of rotatable bonds is 2. The fraction of sp³-hybridized carbons (Fsp3) is 0.111. The van der Waals surface area contributed by atoms with E-state index in [1.54, 1.807) is 19.2 Å². The van der Waals surface area contributed by atoms with E-state index in [0.29, 0.717) is 11.5 Å². The van der Waals surface area contributed by atoms with Crippen LogP contribution < -0.4 is 5.32 Å². The molecule has 0 spiro atoms. The molecule has 0 aliphatic rings. The van der Waals surface area contributed by atoms with E-state index in [1.165, 1.54) is 12.1 Å². The molecule has 72 valence electrons. The van der Waals surface area contributed by atoms with Crippen LogP contribution in [-0.4, -0.2) is 12.0 Å². The molecule has 0 bridgehead atoms. The molecule has 0 radical (unpaired) electrons. The third-order valence-corrected chi connectivity index (χ3v) is 1.96. The zero-order chi connectivity index (χ0) is 10.1. The highest BCUT2D eigenvalue weighted by Gasteiger charge is 2.08. The Labute approximate surface area is 79.5 Å². The molecule has 0 saturated heterocycles. The molecule has 5 nitrogen and oxygen atoms in total. The Bertz CT molecular complexity index is 490. The number of nitro groups is 1. The average Bonchev–Trinajstić information content (AvgIpc) is 2.58. The molecule has 2 aromatic rings. The van der Waals surface area contributed by atoms with Crippen LogP contribution >= 0.6 is 0 Å². The zero-order valence-corrected chi connectivity index (χ0v) is 7.48. The van der Waals surface area contributed by atoms with Crippen LogP contribution in [0.25, 0.3) is 11.0 Å². The second-order valence-electron chi connectivity index (χ2n) is 2.84. The van der Waals surface area contributed by atoms with Crippen molar-refractivity contribution in [3.8, 4) is 0 Å². The summed E-state index contributed by atoms with van der Waals surface area (Å²) in [5, 5.41) is 14.0. The van der Waals surface area contributed by atoms with E-state index in [0.717, 1.165) is 5.39 Å². The van der Waals surface area contributed by atoms with Gasteiger partial charge >= 0.3 is 0 Å². The van der Waals surface area contributed by atoms with Gasteiger partial charge in [0.2, 0.25) is 0 Å². The molecular formula is C9H8N2O3. The molecule has 1 N–H and O–H groups in total. The molecule has 14 heavy (non-hydrogen) atoms.